The molecule has 0 fully saturated rings. The summed E-state index contributed by atoms with van der Waals surface area (Å²) in [5.74, 6) is -1.36. The van der Waals surface area contributed by atoms with Crippen LogP contribution in [0.5, 0.6) is 0 Å². The van der Waals surface area contributed by atoms with Crippen LogP contribution in [-0.2, 0) is 24.3 Å². The number of hydrogen-bond donors (Lipinski definition) is 2. The quantitative estimate of drug-likeness (QED) is 0.804. The fourth-order valence-electron chi connectivity index (χ4n) is 1.53. The number of nitrogens with two attached hydrogens (primary N) is 1. The number of primary sulfonamides is 1. The predicted octanol–water partition coefficient (Wildman–Crippen LogP) is 1.27. The summed E-state index contributed by atoms with van der Waals surface area (Å²) in [6.07, 6.45) is 0. The lowest BCUT2D eigenvalue weighted by Gasteiger charge is -2.23. The molecular formula is C12H15ClN2O5S. The highest BCUT2D eigenvalue weighted by Gasteiger charge is 2.32. The molecule has 0 atom stereocenters. The van der Waals surface area contributed by atoms with Gasteiger partial charge in [-0.3, -0.25) is 9.59 Å². The summed E-state index contributed by atoms with van der Waals surface area (Å²) in [5.41, 5.74) is -1.57. The maximum Gasteiger partial charge on any atom is 0.303 e. The molecule has 3 N–H and O–H groups in total. The Morgan fingerprint density at radius 1 is 1.33 bits per heavy atom. The van der Waals surface area contributed by atoms with Crippen LogP contribution in [0.25, 0.3) is 0 Å². The van der Waals surface area contributed by atoms with E-state index in [0.29, 0.717) is 0 Å². The van der Waals surface area contributed by atoms with Crippen molar-refractivity contribution in [1.29, 1.82) is 0 Å². The Bertz CT molecular complexity index is 685. The zero-order valence-electron chi connectivity index (χ0n) is 11.6. The zero-order valence-corrected chi connectivity index (χ0v) is 13.2. The molecule has 0 heterocycles. The molecule has 0 aliphatic rings. The Labute approximate surface area is 127 Å². The van der Waals surface area contributed by atoms with E-state index in [1.807, 2.05) is 0 Å². The fraction of sp³-hybridized carbons (Fsp3) is 0.333. The standard InChI is InChI=1S/C12H15ClN2O5S/c1-7(16)20-12(2,3)11(17)15-9-6-8(13)4-5-10(9)21(14,18)19/h4-6H,1-3H3,(H,15,17)(H2,14,18,19). The number of esters is 1. The number of nitrogens with one attached hydrogen (secondary N) is 1. The summed E-state index contributed by atoms with van der Waals surface area (Å²) in [6.45, 7) is 3.89. The monoisotopic (exact) mass is 334 g/mol. The smallest absolute Gasteiger partial charge is 0.303 e. The molecule has 0 spiro atoms. The molecule has 1 aromatic rings. The van der Waals surface area contributed by atoms with Crippen molar-refractivity contribution in [3.63, 3.8) is 0 Å². The van der Waals surface area contributed by atoms with Gasteiger partial charge in [-0.15, -0.1) is 0 Å². The molecule has 116 valence electrons. The second kappa shape index (κ2) is 6.00. The number of sulfonamides is 1. The summed E-state index contributed by atoms with van der Waals surface area (Å²) in [6, 6.07) is 3.74. The molecule has 21 heavy (non-hydrogen) atoms. The van der Waals surface area contributed by atoms with Crippen molar-refractivity contribution >= 4 is 39.2 Å². The van der Waals surface area contributed by atoms with E-state index in [1.165, 1.54) is 32.0 Å². The lowest BCUT2D eigenvalue weighted by Crippen LogP contribution is -2.41. The van der Waals surface area contributed by atoms with Gasteiger partial charge in [0, 0.05) is 11.9 Å². The zero-order chi connectivity index (χ0) is 16.4. The molecule has 7 nitrogen and oxygen atoms in total. The molecule has 0 bridgehead atoms. The van der Waals surface area contributed by atoms with Gasteiger partial charge >= 0.3 is 5.97 Å². The van der Waals surface area contributed by atoms with Gasteiger partial charge in [0.05, 0.1) is 5.69 Å². The average Bonchev–Trinajstić information content (AvgIpc) is 2.25. The maximum absolute atomic E-state index is 12.1. The third kappa shape index (κ3) is 4.69. The number of carbonyl (C=O) groups excluding carboxylic acids is 2. The number of amides is 1. The molecule has 0 aromatic heterocycles. The average molecular weight is 335 g/mol. The Morgan fingerprint density at radius 2 is 1.90 bits per heavy atom. The van der Waals surface area contributed by atoms with E-state index in [1.54, 1.807) is 0 Å². The number of hydrogen-bond acceptors (Lipinski definition) is 5. The summed E-state index contributed by atoms with van der Waals surface area (Å²) in [7, 11) is -4.05. The summed E-state index contributed by atoms with van der Waals surface area (Å²) in [4.78, 5) is 22.8. The van der Waals surface area contributed by atoms with Gasteiger partial charge < -0.3 is 10.1 Å². The van der Waals surface area contributed by atoms with Crippen LogP contribution < -0.4 is 10.5 Å². The highest BCUT2D eigenvalue weighted by atomic mass is 35.5. The Balaban J connectivity index is 3.16. The van der Waals surface area contributed by atoms with Gasteiger partial charge in [-0.1, -0.05) is 11.6 Å². The summed E-state index contributed by atoms with van der Waals surface area (Å²) < 4.78 is 27.8. The number of anilines is 1. The largest absolute Gasteiger partial charge is 0.450 e. The van der Waals surface area contributed by atoms with Crippen molar-refractivity contribution in [1.82, 2.24) is 0 Å². The Hall–Kier alpha value is -1.64. The molecule has 0 aliphatic carbocycles. The molecule has 0 radical (unpaired) electrons. The van der Waals surface area contributed by atoms with E-state index >= 15 is 0 Å². The van der Waals surface area contributed by atoms with Crippen LogP contribution in [0.2, 0.25) is 5.02 Å². The second-order valence-corrected chi connectivity index (χ2v) is 6.71. The Kier molecular flexibility index (Phi) is 4.98. The first-order valence-corrected chi connectivity index (χ1v) is 7.69. The second-order valence-electron chi connectivity index (χ2n) is 4.74. The first-order chi connectivity index (χ1) is 9.43. The molecule has 1 amide bonds. The SMILES string of the molecule is CC(=O)OC(C)(C)C(=O)Nc1cc(Cl)ccc1S(N)(=O)=O. The van der Waals surface area contributed by atoms with Gasteiger partial charge in [-0.05, 0) is 32.0 Å². The lowest BCUT2D eigenvalue weighted by atomic mass is 10.1. The lowest BCUT2D eigenvalue weighted by molar-refractivity contribution is -0.160. The highest BCUT2D eigenvalue weighted by molar-refractivity contribution is 7.89. The van der Waals surface area contributed by atoms with Crippen LogP contribution in [-0.4, -0.2) is 25.9 Å². The third-order valence-corrected chi connectivity index (χ3v) is 3.65. The normalized spacial score (nSPS) is 11.9. The van der Waals surface area contributed by atoms with E-state index in [4.69, 9.17) is 21.5 Å². The van der Waals surface area contributed by atoms with Crippen LogP contribution in [0.3, 0.4) is 0 Å². The van der Waals surface area contributed by atoms with E-state index < -0.39 is 27.5 Å². The van der Waals surface area contributed by atoms with Crippen LogP contribution in [0, 0.1) is 0 Å². The maximum atomic E-state index is 12.1. The van der Waals surface area contributed by atoms with Gasteiger partial charge in [0.15, 0.2) is 5.60 Å². The van der Waals surface area contributed by atoms with Gasteiger partial charge in [0.1, 0.15) is 4.90 Å². The van der Waals surface area contributed by atoms with Crippen molar-refractivity contribution in [2.75, 3.05) is 5.32 Å². The van der Waals surface area contributed by atoms with Gasteiger partial charge in [-0.25, -0.2) is 13.6 Å². The van der Waals surface area contributed by atoms with Gasteiger partial charge in [0.2, 0.25) is 10.0 Å². The molecule has 9 heteroatoms. The first-order valence-electron chi connectivity index (χ1n) is 5.77. The minimum Gasteiger partial charge on any atom is -0.450 e. The molecule has 1 rings (SSSR count). The Morgan fingerprint density at radius 3 is 2.38 bits per heavy atom. The number of ether oxygens (including phenoxy) is 1. The minimum absolute atomic E-state index is 0.0878. The number of rotatable bonds is 4. The summed E-state index contributed by atoms with van der Waals surface area (Å²) >= 11 is 5.78. The molecule has 1 aromatic carbocycles. The van der Waals surface area contributed by atoms with Crippen LogP contribution >= 0.6 is 11.6 Å². The minimum atomic E-state index is -4.05. The number of benzene rings is 1. The van der Waals surface area contributed by atoms with Crippen molar-refractivity contribution in [2.24, 2.45) is 5.14 Å². The predicted molar refractivity (Wildman–Crippen MR) is 77.3 cm³/mol. The molecular weight excluding hydrogens is 320 g/mol. The van der Waals surface area contributed by atoms with Crippen molar-refractivity contribution in [3.8, 4) is 0 Å². The van der Waals surface area contributed by atoms with Crippen molar-refractivity contribution in [2.45, 2.75) is 31.3 Å². The molecule has 0 aliphatic heterocycles. The molecule has 0 saturated carbocycles. The van der Waals surface area contributed by atoms with Crippen molar-refractivity contribution in [3.05, 3.63) is 23.2 Å². The van der Waals surface area contributed by atoms with Gasteiger partial charge in [0.25, 0.3) is 5.91 Å². The third-order valence-electron chi connectivity index (χ3n) is 2.44. The number of carbonyl (C=O) groups is 2. The topological polar surface area (TPSA) is 116 Å². The van der Waals surface area contributed by atoms with E-state index in [-0.39, 0.29) is 15.6 Å². The van der Waals surface area contributed by atoms with Gasteiger partial charge in [-0.2, -0.15) is 0 Å². The fourth-order valence-corrected chi connectivity index (χ4v) is 2.37. The van der Waals surface area contributed by atoms with Crippen LogP contribution in [0.4, 0.5) is 5.69 Å². The van der Waals surface area contributed by atoms with E-state index in [9.17, 15) is 18.0 Å². The first kappa shape index (κ1) is 17.4. The van der Waals surface area contributed by atoms with Crippen LogP contribution in [0.1, 0.15) is 20.8 Å². The molecule has 0 saturated heterocycles. The van der Waals surface area contributed by atoms with E-state index in [2.05, 4.69) is 5.32 Å². The molecule has 0 unspecified atom stereocenters. The summed E-state index contributed by atoms with van der Waals surface area (Å²) in [5, 5.41) is 7.62. The van der Waals surface area contributed by atoms with Crippen molar-refractivity contribution < 1.29 is 22.7 Å². The van der Waals surface area contributed by atoms with E-state index in [0.717, 1.165) is 6.92 Å². The highest BCUT2D eigenvalue weighted by Crippen LogP contribution is 2.25. The number of halogens is 1. The van der Waals surface area contributed by atoms with Crippen LogP contribution in [0.15, 0.2) is 23.1 Å².